The van der Waals surface area contributed by atoms with Gasteiger partial charge in [0.15, 0.2) is 0 Å². The number of nitrogens with zero attached hydrogens (tertiary/aromatic N) is 1. The lowest BCUT2D eigenvalue weighted by molar-refractivity contribution is 1.04. The van der Waals surface area contributed by atoms with Crippen LogP contribution >= 0.6 is 0 Å². The van der Waals surface area contributed by atoms with E-state index in [1.165, 1.54) is 38.6 Å². The van der Waals surface area contributed by atoms with E-state index in [1.807, 2.05) is 6.08 Å². The number of aromatic nitrogens is 1. The fraction of sp³-hybridized carbons (Fsp3) is 0.0909. The highest BCUT2D eigenvalue weighted by Gasteiger charge is 2.12. The fourth-order valence-electron chi connectivity index (χ4n) is 3.37. The molecule has 0 spiro atoms. The predicted octanol–water partition coefficient (Wildman–Crippen LogP) is 6.04. The van der Waals surface area contributed by atoms with Crippen LogP contribution in [0.1, 0.15) is 16.8 Å². The largest absolute Gasteiger partial charge is 0.314 e. The van der Waals surface area contributed by atoms with Gasteiger partial charge in [0, 0.05) is 16.8 Å². The molecule has 0 saturated heterocycles. The second kappa shape index (κ2) is 5.13. The Labute approximate surface area is 136 Å². The third-order valence-corrected chi connectivity index (χ3v) is 4.77. The second-order valence-corrected chi connectivity index (χ2v) is 6.06. The lowest BCUT2D eigenvalue weighted by atomic mass is 10.1. The minimum atomic E-state index is 1.15. The van der Waals surface area contributed by atoms with Crippen molar-refractivity contribution in [3.8, 4) is 5.69 Å². The third-order valence-electron chi connectivity index (χ3n) is 4.77. The van der Waals surface area contributed by atoms with Crippen LogP contribution in [-0.2, 0) is 0 Å². The Morgan fingerprint density at radius 1 is 0.870 bits per heavy atom. The smallest absolute Gasteiger partial charge is 0.0540 e. The van der Waals surface area contributed by atoms with Gasteiger partial charge in [0.2, 0.25) is 0 Å². The van der Waals surface area contributed by atoms with E-state index in [0.717, 1.165) is 5.56 Å². The minimum absolute atomic E-state index is 1.15. The Morgan fingerprint density at radius 2 is 1.65 bits per heavy atom. The van der Waals surface area contributed by atoms with E-state index in [1.54, 1.807) is 0 Å². The molecule has 1 heterocycles. The molecule has 0 atom stereocenters. The van der Waals surface area contributed by atoms with Crippen molar-refractivity contribution in [3.63, 3.8) is 0 Å². The van der Waals surface area contributed by atoms with Crippen LogP contribution < -0.4 is 0 Å². The Bertz CT molecular complexity index is 1050. The molecule has 0 N–H and O–H groups in total. The summed E-state index contributed by atoms with van der Waals surface area (Å²) >= 11 is 0. The summed E-state index contributed by atoms with van der Waals surface area (Å²) < 4.78 is 2.35. The van der Waals surface area contributed by atoms with Crippen molar-refractivity contribution >= 4 is 27.8 Å². The zero-order valence-electron chi connectivity index (χ0n) is 13.5. The Kier molecular flexibility index (Phi) is 3.09. The summed E-state index contributed by atoms with van der Waals surface area (Å²) in [6.07, 6.45) is 1.90. The monoisotopic (exact) mass is 297 g/mol. The zero-order valence-corrected chi connectivity index (χ0v) is 13.5. The lowest BCUT2D eigenvalue weighted by Crippen LogP contribution is -1.96. The van der Waals surface area contributed by atoms with E-state index < -0.39 is 0 Å². The number of benzene rings is 3. The van der Waals surface area contributed by atoms with Crippen molar-refractivity contribution in [1.82, 2.24) is 4.57 Å². The van der Waals surface area contributed by atoms with Crippen molar-refractivity contribution in [2.75, 3.05) is 0 Å². The molecule has 0 amide bonds. The van der Waals surface area contributed by atoms with Gasteiger partial charge < -0.3 is 4.57 Å². The maximum atomic E-state index is 3.90. The summed E-state index contributed by atoms with van der Waals surface area (Å²) in [5.74, 6) is 0. The molecule has 1 aromatic heterocycles. The van der Waals surface area contributed by atoms with E-state index in [2.05, 4.69) is 85.7 Å². The molecule has 23 heavy (non-hydrogen) atoms. The van der Waals surface area contributed by atoms with E-state index in [4.69, 9.17) is 0 Å². The first kappa shape index (κ1) is 13.8. The summed E-state index contributed by atoms with van der Waals surface area (Å²) in [5.41, 5.74) is 6.23. The third kappa shape index (κ3) is 2.08. The number of hydrogen-bond donors (Lipinski definition) is 0. The van der Waals surface area contributed by atoms with Gasteiger partial charge in [-0.3, -0.25) is 0 Å². The molecule has 3 aromatic carbocycles. The van der Waals surface area contributed by atoms with Gasteiger partial charge in [-0.15, -0.1) is 0 Å². The molecule has 4 aromatic rings. The van der Waals surface area contributed by atoms with Gasteiger partial charge in [-0.2, -0.15) is 0 Å². The molecule has 0 aliphatic carbocycles. The van der Waals surface area contributed by atoms with Crippen LogP contribution in [0.25, 0.3) is 33.4 Å². The van der Waals surface area contributed by atoms with Gasteiger partial charge in [-0.05, 0) is 53.9 Å². The minimum Gasteiger partial charge on any atom is -0.314 e. The molecule has 0 aliphatic heterocycles. The molecule has 1 nitrogen and oxygen atoms in total. The average Bonchev–Trinajstić information content (AvgIpc) is 2.85. The molecular formula is C22H19N. The highest BCUT2D eigenvalue weighted by molar-refractivity contribution is 5.90. The second-order valence-electron chi connectivity index (χ2n) is 6.06. The van der Waals surface area contributed by atoms with Gasteiger partial charge in [0.05, 0.1) is 5.52 Å². The summed E-state index contributed by atoms with van der Waals surface area (Å²) in [5, 5.41) is 3.85. The molecule has 1 heteroatoms. The number of hydrogen-bond acceptors (Lipinski definition) is 0. The van der Waals surface area contributed by atoms with Gasteiger partial charge >= 0.3 is 0 Å². The topological polar surface area (TPSA) is 4.93 Å². The van der Waals surface area contributed by atoms with Crippen molar-refractivity contribution in [3.05, 3.63) is 84.1 Å². The SMILES string of the molecule is C=Cc1ccc2c(C)c(C)n(-c3ccc4ccccc4c3)c2c1. The number of fused-ring (bicyclic) bond motifs is 2. The molecular weight excluding hydrogens is 278 g/mol. The highest BCUT2D eigenvalue weighted by atomic mass is 15.0. The molecule has 4 rings (SSSR count). The molecule has 0 bridgehead atoms. The van der Waals surface area contributed by atoms with Crippen molar-refractivity contribution in [2.24, 2.45) is 0 Å². The van der Waals surface area contributed by atoms with Crippen LogP contribution in [0.15, 0.2) is 67.2 Å². The highest BCUT2D eigenvalue weighted by Crippen LogP contribution is 2.30. The first-order valence-corrected chi connectivity index (χ1v) is 7.92. The van der Waals surface area contributed by atoms with E-state index in [9.17, 15) is 0 Å². The van der Waals surface area contributed by atoms with Crippen molar-refractivity contribution < 1.29 is 0 Å². The van der Waals surface area contributed by atoms with Gasteiger partial charge in [0.1, 0.15) is 0 Å². The van der Waals surface area contributed by atoms with Gasteiger partial charge in [-0.1, -0.05) is 55.1 Å². The van der Waals surface area contributed by atoms with Crippen LogP contribution in [0.4, 0.5) is 0 Å². The van der Waals surface area contributed by atoms with Crippen LogP contribution in [0.2, 0.25) is 0 Å². The summed E-state index contributed by atoms with van der Waals surface area (Å²) in [7, 11) is 0. The predicted molar refractivity (Wildman–Crippen MR) is 100 cm³/mol. The fourth-order valence-corrected chi connectivity index (χ4v) is 3.37. The maximum absolute atomic E-state index is 3.90. The quantitative estimate of drug-likeness (QED) is 0.425. The van der Waals surface area contributed by atoms with E-state index >= 15 is 0 Å². The molecule has 0 radical (unpaired) electrons. The first-order chi connectivity index (χ1) is 11.2. The molecule has 0 aliphatic rings. The Balaban J connectivity index is 2.06. The van der Waals surface area contributed by atoms with Gasteiger partial charge in [-0.25, -0.2) is 0 Å². The Morgan fingerprint density at radius 3 is 2.43 bits per heavy atom. The molecule has 0 fully saturated rings. The molecule has 0 unspecified atom stereocenters. The standard InChI is InChI=1S/C22H19N/c1-4-17-9-12-21-15(2)16(3)23(22(21)13-17)20-11-10-18-7-5-6-8-19(18)14-20/h4-14H,1H2,2-3H3. The van der Waals surface area contributed by atoms with E-state index in [-0.39, 0.29) is 0 Å². The average molecular weight is 297 g/mol. The lowest BCUT2D eigenvalue weighted by Gasteiger charge is -2.10. The van der Waals surface area contributed by atoms with E-state index in [0.29, 0.717) is 0 Å². The van der Waals surface area contributed by atoms with Gasteiger partial charge in [0.25, 0.3) is 0 Å². The number of rotatable bonds is 2. The van der Waals surface area contributed by atoms with Crippen LogP contribution in [0.5, 0.6) is 0 Å². The molecule has 0 saturated carbocycles. The summed E-state index contributed by atoms with van der Waals surface area (Å²) in [4.78, 5) is 0. The Hall–Kier alpha value is -2.80. The summed E-state index contributed by atoms with van der Waals surface area (Å²) in [6, 6.07) is 21.7. The normalized spacial score (nSPS) is 11.2. The molecule has 112 valence electrons. The van der Waals surface area contributed by atoms with Crippen LogP contribution in [0.3, 0.4) is 0 Å². The first-order valence-electron chi connectivity index (χ1n) is 7.92. The maximum Gasteiger partial charge on any atom is 0.0540 e. The summed E-state index contributed by atoms with van der Waals surface area (Å²) in [6.45, 7) is 8.29. The van der Waals surface area contributed by atoms with Crippen LogP contribution in [0, 0.1) is 13.8 Å². The zero-order chi connectivity index (χ0) is 16.0. The van der Waals surface area contributed by atoms with Crippen molar-refractivity contribution in [2.45, 2.75) is 13.8 Å². The van der Waals surface area contributed by atoms with Crippen LogP contribution in [-0.4, -0.2) is 4.57 Å². The van der Waals surface area contributed by atoms with Crippen molar-refractivity contribution in [1.29, 1.82) is 0 Å². The number of aryl methyl sites for hydroxylation is 1.